The third-order valence-electron chi connectivity index (χ3n) is 2.30. The van der Waals surface area contributed by atoms with Gasteiger partial charge in [-0.25, -0.2) is 0 Å². The minimum absolute atomic E-state index is 0.135. The summed E-state index contributed by atoms with van der Waals surface area (Å²) in [5, 5.41) is 2.70. The van der Waals surface area contributed by atoms with Crippen molar-refractivity contribution in [1.82, 2.24) is 5.32 Å². The molecular weight excluding hydrogens is 214 g/mol. The van der Waals surface area contributed by atoms with E-state index in [4.69, 9.17) is 4.74 Å². The molecule has 0 saturated heterocycles. The lowest BCUT2D eigenvalue weighted by Crippen LogP contribution is -2.36. The van der Waals surface area contributed by atoms with Crippen LogP contribution in [0.2, 0.25) is 0 Å². The molecule has 17 heavy (non-hydrogen) atoms. The van der Waals surface area contributed by atoms with Gasteiger partial charge in [-0.3, -0.25) is 4.79 Å². The van der Waals surface area contributed by atoms with Gasteiger partial charge in [-0.15, -0.1) is 6.58 Å². The Hall–Kier alpha value is -1.77. The average Bonchev–Trinajstić information content (AvgIpc) is 2.24. The zero-order valence-corrected chi connectivity index (χ0v) is 10.6. The number of amides is 1. The van der Waals surface area contributed by atoms with E-state index < -0.39 is 6.10 Å². The molecule has 1 aromatic rings. The second-order valence-electron chi connectivity index (χ2n) is 4.12. The number of carbonyl (C=O) groups is 1. The molecule has 0 saturated carbocycles. The number of hydrogen-bond donors (Lipinski definition) is 1. The molecule has 1 atom stereocenters. The van der Waals surface area contributed by atoms with E-state index in [-0.39, 0.29) is 5.91 Å². The van der Waals surface area contributed by atoms with Crippen molar-refractivity contribution in [2.24, 2.45) is 0 Å². The van der Waals surface area contributed by atoms with Crippen molar-refractivity contribution in [1.29, 1.82) is 0 Å². The fraction of sp³-hybridized carbons (Fsp3) is 0.357. The molecule has 92 valence electrons. The second kappa shape index (κ2) is 6.09. The molecule has 0 spiro atoms. The van der Waals surface area contributed by atoms with Gasteiger partial charge in [-0.2, -0.15) is 0 Å². The quantitative estimate of drug-likeness (QED) is 0.793. The maximum absolute atomic E-state index is 11.6. The first-order valence-corrected chi connectivity index (χ1v) is 5.66. The number of ether oxygens (including phenoxy) is 1. The van der Waals surface area contributed by atoms with Gasteiger partial charge in [0.2, 0.25) is 0 Å². The molecule has 3 nitrogen and oxygen atoms in total. The zero-order chi connectivity index (χ0) is 12.8. The van der Waals surface area contributed by atoms with E-state index in [2.05, 4.69) is 18.0 Å². The Bertz CT molecular complexity index is 392. The normalized spacial score (nSPS) is 11.7. The standard InChI is InChI=1S/C14H19NO2/c1-5-6-15-14(16)12(4)17-13-8-10(2)7-11(3)9-13/h5,7-9,12H,1,6H2,2-4H3,(H,15,16)/t12-/m0/s1. The lowest BCUT2D eigenvalue weighted by Gasteiger charge is -2.15. The number of rotatable bonds is 5. The highest BCUT2D eigenvalue weighted by atomic mass is 16.5. The van der Waals surface area contributed by atoms with Gasteiger partial charge in [0.1, 0.15) is 5.75 Å². The van der Waals surface area contributed by atoms with Crippen LogP contribution in [0.4, 0.5) is 0 Å². The van der Waals surface area contributed by atoms with E-state index in [0.29, 0.717) is 6.54 Å². The highest BCUT2D eigenvalue weighted by Crippen LogP contribution is 2.17. The summed E-state index contributed by atoms with van der Waals surface area (Å²) in [5.74, 6) is 0.591. The smallest absolute Gasteiger partial charge is 0.261 e. The molecule has 0 heterocycles. The molecule has 0 aliphatic rings. The van der Waals surface area contributed by atoms with E-state index in [0.717, 1.165) is 16.9 Å². The molecule has 1 aromatic carbocycles. The Labute approximate surface area is 102 Å². The molecular formula is C14H19NO2. The summed E-state index contributed by atoms with van der Waals surface area (Å²) in [6.45, 7) is 9.74. The summed E-state index contributed by atoms with van der Waals surface area (Å²) in [7, 11) is 0. The van der Waals surface area contributed by atoms with Crippen LogP contribution < -0.4 is 10.1 Å². The van der Waals surface area contributed by atoms with Crippen LogP contribution in [0, 0.1) is 13.8 Å². The molecule has 0 aliphatic heterocycles. The van der Waals surface area contributed by atoms with Crippen molar-refractivity contribution in [2.75, 3.05) is 6.54 Å². The van der Waals surface area contributed by atoms with Gasteiger partial charge < -0.3 is 10.1 Å². The van der Waals surface area contributed by atoms with E-state index in [1.165, 1.54) is 0 Å². The molecule has 1 rings (SSSR count). The summed E-state index contributed by atoms with van der Waals surface area (Å²) in [4.78, 5) is 11.6. The summed E-state index contributed by atoms with van der Waals surface area (Å²) < 4.78 is 5.59. The van der Waals surface area contributed by atoms with E-state index in [1.54, 1.807) is 13.0 Å². The van der Waals surface area contributed by atoms with Gasteiger partial charge in [0.15, 0.2) is 6.10 Å². The molecule has 0 unspecified atom stereocenters. The Balaban J connectivity index is 2.63. The zero-order valence-electron chi connectivity index (χ0n) is 10.6. The lowest BCUT2D eigenvalue weighted by molar-refractivity contribution is -0.127. The first-order chi connectivity index (χ1) is 8.02. The van der Waals surface area contributed by atoms with Gasteiger partial charge in [0.25, 0.3) is 5.91 Å². The van der Waals surface area contributed by atoms with Crippen LogP contribution in [0.5, 0.6) is 5.75 Å². The molecule has 0 bridgehead atoms. The summed E-state index contributed by atoms with van der Waals surface area (Å²) in [6.07, 6.45) is 1.14. The summed E-state index contributed by atoms with van der Waals surface area (Å²) >= 11 is 0. The topological polar surface area (TPSA) is 38.3 Å². The maximum atomic E-state index is 11.6. The predicted octanol–water partition coefficient (Wildman–Crippen LogP) is 2.37. The van der Waals surface area contributed by atoms with Gasteiger partial charge >= 0.3 is 0 Å². The van der Waals surface area contributed by atoms with Crippen molar-refractivity contribution in [3.8, 4) is 5.75 Å². The van der Waals surface area contributed by atoms with E-state index in [1.807, 2.05) is 26.0 Å². The highest BCUT2D eigenvalue weighted by molar-refractivity contribution is 5.80. The Morgan fingerprint density at radius 3 is 2.53 bits per heavy atom. The van der Waals surface area contributed by atoms with Crippen LogP contribution in [0.3, 0.4) is 0 Å². The Morgan fingerprint density at radius 1 is 1.41 bits per heavy atom. The minimum atomic E-state index is -0.504. The third-order valence-corrected chi connectivity index (χ3v) is 2.30. The number of benzene rings is 1. The van der Waals surface area contributed by atoms with Crippen LogP contribution in [0.1, 0.15) is 18.1 Å². The SMILES string of the molecule is C=CCNC(=O)[C@H](C)Oc1cc(C)cc(C)c1. The predicted molar refractivity (Wildman–Crippen MR) is 69.2 cm³/mol. The summed E-state index contributed by atoms with van der Waals surface area (Å²) in [5.41, 5.74) is 2.25. The number of hydrogen-bond acceptors (Lipinski definition) is 2. The maximum Gasteiger partial charge on any atom is 0.261 e. The number of aryl methyl sites for hydroxylation is 2. The van der Waals surface area contributed by atoms with Gasteiger partial charge in [0, 0.05) is 6.54 Å². The molecule has 3 heteroatoms. The average molecular weight is 233 g/mol. The highest BCUT2D eigenvalue weighted by Gasteiger charge is 2.13. The van der Waals surface area contributed by atoms with Crippen molar-refractivity contribution in [3.63, 3.8) is 0 Å². The minimum Gasteiger partial charge on any atom is -0.481 e. The fourth-order valence-electron chi connectivity index (χ4n) is 1.58. The monoisotopic (exact) mass is 233 g/mol. The van der Waals surface area contributed by atoms with Crippen molar-refractivity contribution < 1.29 is 9.53 Å². The van der Waals surface area contributed by atoms with Crippen molar-refractivity contribution in [3.05, 3.63) is 42.0 Å². The van der Waals surface area contributed by atoms with Crippen LogP contribution in [-0.4, -0.2) is 18.6 Å². The van der Waals surface area contributed by atoms with E-state index in [9.17, 15) is 4.79 Å². The second-order valence-corrected chi connectivity index (χ2v) is 4.12. The molecule has 1 N–H and O–H groups in total. The number of nitrogens with one attached hydrogen (secondary N) is 1. The van der Waals surface area contributed by atoms with Gasteiger partial charge in [-0.1, -0.05) is 12.1 Å². The lowest BCUT2D eigenvalue weighted by atomic mass is 10.1. The van der Waals surface area contributed by atoms with Crippen LogP contribution in [-0.2, 0) is 4.79 Å². The fourth-order valence-corrected chi connectivity index (χ4v) is 1.58. The molecule has 1 amide bonds. The molecule has 0 fully saturated rings. The Morgan fingerprint density at radius 2 is 2.00 bits per heavy atom. The molecule has 0 aromatic heterocycles. The Kier molecular flexibility index (Phi) is 4.76. The first kappa shape index (κ1) is 13.3. The molecule has 0 radical (unpaired) electrons. The van der Waals surface area contributed by atoms with Gasteiger partial charge in [-0.05, 0) is 44.0 Å². The van der Waals surface area contributed by atoms with E-state index >= 15 is 0 Å². The van der Waals surface area contributed by atoms with Crippen molar-refractivity contribution >= 4 is 5.91 Å². The number of carbonyl (C=O) groups excluding carboxylic acids is 1. The largest absolute Gasteiger partial charge is 0.481 e. The summed E-state index contributed by atoms with van der Waals surface area (Å²) in [6, 6.07) is 5.91. The molecule has 0 aliphatic carbocycles. The van der Waals surface area contributed by atoms with Gasteiger partial charge in [0.05, 0.1) is 0 Å². The first-order valence-electron chi connectivity index (χ1n) is 5.66. The van der Waals surface area contributed by atoms with Crippen LogP contribution in [0.25, 0.3) is 0 Å². The van der Waals surface area contributed by atoms with Crippen molar-refractivity contribution in [2.45, 2.75) is 26.9 Å². The van der Waals surface area contributed by atoms with Crippen LogP contribution in [0.15, 0.2) is 30.9 Å². The van der Waals surface area contributed by atoms with Crippen LogP contribution >= 0.6 is 0 Å². The third kappa shape index (κ3) is 4.31.